The van der Waals surface area contributed by atoms with Crippen molar-refractivity contribution in [2.24, 2.45) is 0 Å². The van der Waals surface area contributed by atoms with E-state index < -0.39 is 6.55 Å². The Kier molecular flexibility index (Phi) is 6.03. The summed E-state index contributed by atoms with van der Waals surface area (Å²) in [5.41, 5.74) is 3.05. The first-order chi connectivity index (χ1) is 11.4. The third kappa shape index (κ3) is 4.38. The van der Waals surface area contributed by atoms with E-state index in [0.29, 0.717) is 27.3 Å². The van der Waals surface area contributed by atoms with Gasteiger partial charge < -0.3 is 10.6 Å². The van der Waals surface area contributed by atoms with Crippen LogP contribution in [0, 0.1) is 13.8 Å². The highest BCUT2D eigenvalue weighted by Gasteiger charge is 2.19. The number of benzene rings is 1. The highest BCUT2D eigenvalue weighted by Crippen LogP contribution is 2.20. The molecule has 0 unspecified atom stereocenters. The summed E-state index contributed by atoms with van der Waals surface area (Å²) in [4.78, 5) is 12.2. The second kappa shape index (κ2) is 8.01. The van der Waals surface area contributed by atoms with Crippen LogP contribution in [-0.2, 0) is 17.8 Å². The van der Waals surface area contributed by atoms with Gasteiger partial charge in [0.15, 0.2) is 0 Å². The highest BCUT2D eigenvalue weighted by atomic mass is 19.3. The van der Waals surface area contributed by atoms with Crippen LogP contribution in [0.4, 0.5) is 14.5 Å². The van der Waals surface area contributed by atoms with Crippen LogP contribution in [0.5, 0.6) is 0 Å². The van der Waals surface area contributed by atoms with Crippen molar-refractivity contribution < 1.29 is 13.6 Å². The van der Waals surface area contributed by atoms with E-state index in [2.05, 4.69) is 15.7 Å². The highest BCUT2D eigenvalue weighted by molar-refractivity contribution is 5.92. The minimum atomic E-state index is -2.71. The number of alkyl halides is 2. The normalized spacial score (nSPS) is 11.1. The summed E-state index contributed by atoms with van der Waals surface area (Å²) in [6.45, 7) is 4.08. The van der Waals surface area contributed by atoms with E-state index in [-0.39, 0.29) is 12.3 Å². The molecule has 1 heterocycles. The van der Waals surface area contributed by atoms with Gasteiger partial charge in [0.2, 0.25) is 5.91 Å². The molecule has 2 aromatic rings. The Balaban J connectivity index is 2.06. The molecule has 7 heteroatoms. The van der Waals surface area contributed by atoms with E-state index in [0.717, 1.165) is 18.7 Å². The second-order valence-corrected chi connectivity index (χ2v) is 5.58. The zero-order valence-corrected chi connectivity index (χ0v) is 14.1. The first-order valence-electron chi connectivity index (χ1n) is 7.84. The number of amides is 1. The van der Waals surface area contributed by atoms with Crippen LogP contribution in [-0.4, -0.2) is 22.2 Å². The summed E-state index contributed by atoms with van der Waals surface area (Å²) in [6.07, 6.45) is 0.0157. The molecular formula is C17H22F2N4O. The third-order valence-electron chi connectivity index (χ3n) is 3.79. The first kappa shape index (κ1) is 18.1. The summed E-state index contributed by atoms with van der Waals surface area (Å²) in [5.74, 6) is -0.254. The zero-order chi connectivity index (χ0) is 17.7. The zero-order valence-electron chi connectivity index (χ0n) is 14.1. The van der Waals surface area contributed by atoms with Crippen LogP contribution >= 0.6 is 0 Å². The number of halogens is 2. The topological polar surface area (TPSA) is 58.9 Å². The van der Waals surface area contributed by atoms with Crippen molar-refractivity contribution in [1.82, 2.24) is 15.1 Å². The number of carbonyl (C=O) groups is 1. The fourth-order valence-electron chi connectivity index (χ4n) is 2.54. The maximum atomic E-state index is 12.8. The van der Waals surface area contributed by atoms with Crippen molar-refractivity contribution in [1.29, 1.82) is 0 Å². The molecule has 1 aromatic heterocycles. The fraction of sp³-hybridized carbons (Fsp3) is 0.412. The van der Waals surface area contributed by atoms with Crippen molar-refractivity contribution in [3.63, 3.8) is 0 Å². The molecule has 2 rings (SSSR count). The number of nitrogens with zero attached hydrogens (tertiary/aromatic N) is 2. The molecule has 0 atom stereocenters. The van der Waals surface area contributed by atoms with Gasteiger partial charge in [0.25, 0.3) is 0 Å². The van der Waals surface area contributed by atoms with Crippen LogP contribution in [0.15, 0.2) is 24.3 Å². The van der Waals surface area contributed by atoms with Gasteiger partial charge in [-0.1, -0.05) is 19.1 Å². The maximum absolute atomic E-state index is 12.8. The minimum absolute atomic E-state index is 0.0157. The van der Waals surface area contributed by atoms with Gasteiger partial charge in [-0.15, -0.1) is 0 Å². The van der Waals surface area contributed by atoms with Gasteiger partial charge in [0.1, 0.15) is 0 Å². The maximum Gasteiger partial charge on any atom is 0.333 e. The van der Waals surface area contributed by atoms with Crippen LogP contribution < -0.4 is 10.6 Å². The summed E-state index contributed by atoms with van der Waals surface area (Å²) >= 11 is 0. The third-order valence-corrected chi connectivity index (χ3v) is 3.79. The molecule has 0 bridgehead atoms. The molecule has 5 nitrogen and oxygen atoms in total. The predicted molar refractivity (Wildman–Crippen MR) is 89.1 cm³/mol. The lowest BCUT2D eigenvalue weighted by Gasteiger charge is -2.08. The summed E-state index contributed by atoms with van der Waals surface area (Å²) in [7, 11) is 0. The molecule has 0 aliphatic carbocycles. The van der Waals surface area contributed by atoms with Gasteiger partial charge >= 0.3 is 6.55 Å². The number of nitrogens with one attached hydrogen (secondary N) is 2. The van der Waals surface area contributed by atoms with Gasteiger partial charge in [0, 0.05) is 23.5 Å². The van der Waals surface area contributed by atoms with Gasteiger partial charge in [-0.25, -0.2) is 4.68 Å². The van der Waals surface area contributed by atoms with E-state index in [9.17, 15) is 13.6 Å². The van der Waals surface area contributed by atoms with E-state index in [1.165, 1.54) is 0 Å². The summed E-state index contributed by atoms with van der Waals surface area (Å²) in [5, 5.41) is 9.82. The van der Waals surface area contributed by atoms with Crippen molar-refractivity contribution >= 4 is 11.6 Å². The van der Waals surface area contributed by atoms with Crippen LogP contribution in [0.2, 0.25) is 0 Å². The number of aromatic nitrogens is 2. The largest absolute Gasteiger partial charge is 0.333 e. The monoisotopic (exact) mass is 336 g/mol. The van der Waals surface area contributed by atoms with Gasteiger partial charge in [-0.3, -0.25) is 4.79 Å². The molecule has 130 valence electrons. The van der Waals surface area contributed by atoms with Gasteiger partial charge in [-0.05, 0) is 38.1 Å². The Morgan fingerprint density at radius 1 is 1.33 bits per heavy atom. The van der Waals surface area contributed by atoms with Crippen molar-refractivity contribution in [3.8, 4) is 0 Å². The number of carbonyl (C=O) groups excluding carboxylic acids is 1. The lowest BCUT2D eigenvalue weighted by molar-refractivity contribution is -0.115. The average Bonchev–Trinajstić information content (AvgIpc) is 2.81. The van der Waals surface area contributed by atoms with E-state index >= 15 is 0 Å². The van der Waals surface area contributed by atoms with Crippen molar-refractivity contribution in [2.45, 2.75) is 40.3 Å². The lowest BCUT2D eigenvalue weighted by Crippen LogP contribution is -2.16. The van der Waals surface area contributed by atoms with Crippen LogP contribution in [0.25, 0.3) is 0 Å². The molecule has 0 saturated carbocycles. The molecule has 0 saturated heterocycles. The van der Waals surface area contributed by atoms with Crippen molar-refractivity contribution in [2.75, 3.05) is 11.9 Å². The molecule has 0 fully saturated rings. The lowest BCUT2D eigenvalue weighted by atomic mass is 10.1. The molecule has 1 amide bonds. The van der Waals surface area contributed by atoms with Gasteiger partial charge in [0.05, 0.1) is 12.1 Å². The number of hydrogen-bond acceptors (Lipinski definition) is 3. The standard InChI is InChI=1S/C17H22F2N4O/c1-4-20-10-13-6-5-7-14(8-13)21-16(24)9-15-11(2)22-23(12(15)3)17(18)19/h5-8,17,20H,4,9-10H2,1-3H3,(H,21,24). The number of anilines is 1. The summed E-state index contributed by atoms with van der Waals surface area (Å²) in [6, 6.07) is 7.53. The molecule has 0 spiro atoms. The van der Waals surface area contributed by atoms with Crippen LogP contribution in [0.1, 0.15) is 36.0 Å². The number of aryl methyl sites for hydroxylation is 1. The van der Waals surface area contributed by atoms with Crippen LogP contribution in [0.3, 0.4) is 0 Å². The molecule has 0 aliphatic rings. The molecule has 1 aromatic carbocycles. The Morgan fingerprint density at radius 2 is 2.08 bits per heavy atom. The summed E-state index contributed by atoms with van der Waals surface area (Å²) < 4.78 is 26.3. The van der Waals surface area contributed by atoms with E-state index in [1.54, 1.807) is 19.9 Å². The Bertz CT molecular complexity index is 713. The fourth-order valence-corrected chi connectivity index (χ4v) is 2.54. The second-order valence-electron chi connectivity index (χ2n) is 5.58. The van der Waals surface area contributed by atoms with Crippen molar-refractivity contribution in [3.05, 3.63) is 46.8 Å². The molecule has 0 radical (unpaired) electrons. The smallest absolute Gasteiger partial charge is 0.326 e. The molecule has 2 N–H and O–H groups in total. The molecule has 24 heavy (non-hydrogen) atoms. The van der Waals surface area contributed by atoms with E-state index in [4.69, 9.17) is 0 Å². The number of rotatable bonds is 7. The Morgan fingerprint density at radius 3 is 2.71 bits per heavy atom. The van der Waals surface area contributed by atoms with Gasteiger partial charge in [-0.2, -0.15) is 13.9 Å². The Labute approximate surface area is 140 Å². The molecular weight excluding hydrogens is 314 g/mol. The molecule has 0 aliphatic heterocycles. The average molecular weight is 336 g/mol. The SMILES string of the molecule is CCNCc1cccc(NC(=O)Cc2c(C)nn(C(F)F)c2C)c1. The Hall–Kier alpha value is -2.28. The number of hydrogen-bond donors (Lipinski definition) is 2. The minimum Gasteiger partial charge on any atom is -0.326 e. The first-order valence-corrected chi connectivity index (χ1v) is 7.84. The predicted octanol–water partition coefficient (Wildman–Crippen LogP) is 3.19. The quantitative estimate of drug-likeness (QED) is 0.816. The van der Waals surface area contributed by atoms with E-state index in [1.807, 2.05) is 25.1 Å².